The van der Waals surface area contributed by atoms with Crippen molar-refractivity contribution in [2.24, 2.45) is 7.05 Å². The summed E-state index contributed by atoms with van der Waals surface area (Å²) in [5.41, 5.74) is 2.29. The third-order valence-electron chi connectivity index (χ3n) is 3.85. The zero-order valence-electron chi connectivity index (χ0n) is 14.8. The quantitative estimate of drug-likeness (QED) is 0.463. The van der Waals surface area contributed by atoms with E-state index in [1.807, 2.05) is 32.0 Å². The second-order valence-corrected chi connectivity index (χ2v) is 6.40. The molecule has 0 spiro atoms. The van der Waals surface area contributed by atoms with Crippen LogP contribution in [0.15, 0.2) is 46.9 Å². The lowest BCUT2D eigenvalue weighted by Gasteiger charge is -2.05. The summed E-state index contributed by atoms with van der Waals surface area (Å²) in [4.78, 5) is 12.2. The van der Waals surface area contributed by atoms with Crippen LogP contribution in [0.4, 0.5) is 0 Å². The fourth-order valence-corrected chi connectivity index (χ4v) is 2.63. The third kappa shape index (κ3) is 4.24. The summed E-state index contributed by atoms with van der Waals surface area (Å²) in [6.45, 7) is 4.07. The number of hydrogen-bond donors (Lipinski definition) is 0. The number of nitrogens with zero attached hydrogens (tertiary/aromatic N) is 2. The molecule has 3 aromatic rings. The Labute approximate surface area is 156 Å². The third-order valence-corrected chi connectivity index (χ3v) is 4.27. The van der Waals surface area contributed by atoms with E-state index < -0.39 is 0 Å². The maximum absolute atomic E-state index is 12.2. The molecule has 0 N–H and O–H groups in total. The number of hydrogen-bond acceptors (Lipinski definition) is 4. The van der Waals surface area contributed by atoms with Crippen molar-refractivity contribution in [1.82, 2.24) is 9.78 Å². The molecule has 0 bridgehead atoms. The average molecular weight is 371 g/mol. The summed E-state index contributed by atoms with van der Waals surface area (Å²) in [5, 5.41) is 4.87. The van der Waals surface area contributed by atoms with E-state index in [9.17, 15) is 4.79 Å². The van der Waals surface area contributed by atoms with Gasteiger partial charge in [0.25, 0.3) is 0 Å². The minimum absolute atomic E-state index is 0.126. The van der Waals surface area contributed by atoms with Crippen molar-refractivity contribution < 1.29 is 13.9 Å². The minimum Gasteiger partial charge on any atom is -0.486 e. The molecule has 0 radical (unpaired) electrons. The van der Waals surface area contributed by atoms with Crippen LogP contribution in [0.1, 0.15) is 33.3 Å². The van der Waals surface area contributed by atoms with Crippen LogP contribution in [0, 0.1) is 13.8 Å². The summed E-state index contributed by atoms with van der Waals surface area (Å²) in [5.74, 6) is 1.85. The van der Waals surface area contributed by atoms with Crippen LogP contribution in [0.5, 0.6) is 5.75 Å². The van der Waals surface area contributed by atoms with E-state index in [1.165, 1.54) is 6.08 Å². The molecular formula is C20H19ClN2O3. The molecule has 0 aliphatic heterocycles. The van der Waals surface area contributed by atoms with Crippen LogP contribution >= 0.6 is 11.6 Å². The molecule has 0 unspecified atom stereocenters. The van der Waals surface area contributed by atoms with Crippen molar-refractivity contribution in [3.63, 3.8) is 0 Å². The van der Waals surface area contributed by atoms with E-state index in [1.54, 1.807) is 36.0 Å². The summed E-state index contributed by atoms with van der Waals surface area (Å²) < 4.78 is 12.9. The monoisotopic (exact) mass is 370 g/mol. The number of carbonyl (C=O) groups excluding carboxylic acids is 1. The number of allylic oxidation sites excluding steroid dienone is 1. The number of halogens is 1. The molecule has 0 atom stereocenters. The molecule has 134 valence electrons. The number of aryl methyl sites for hydroxylation is 3. The van der Waals surface area contributed by atoms with Crippen LogP contribution in [-0.2, 0) is 13.7 Å². The average Bonchev–Trinajstić information content (AvgIpc) is 3.19. The van der Waals surface area contributed by atoms with Crippen LogP contribution in [-0.4, -0.2) is 15.6 Å². The van der Waals surface area contributed by atoms with Crippen LogP contribution in [0.2, 0.25) is 5.02 Å². The second kappa shape index (κ2) is 7.62. The van der Waals surface area contributed by atoms with E-state index >= 15 is 0 Å². The molecule has 2 heterocycles. The zero-order chi connectivity index (χ0) is 18.7. The van der Waals surface area contributed by atoms with Gasteiger partial charge in [-0.05, 0) is 68.0 Å². The number of rotatable bonds is 6. The van der Waals surface area contributed by atoms with Gasteiger partial charge >= 0.3 is 0 Å². The fraction of sp³-hybridized carbons (Fsp3) is 0.200. The van der Waals surface area contributed by atoms with Crippen molar-refractivity contribution in [2.45, 2.75) is 20.5 Å². The van der Waals surface area contributed by atoms with E-state index in [0.717, 1.165) is 17.0 Å². The van der Waals surface area contributed by atoms with Gasteiger partial charge in [-0.1, -0.05) is 11.6 Å². The molecule has 0 saturated heterocycles. The molecule has 2 aromatic heterocycles. The zero-order valence-corrected chi connectivity index (χ0v) is 15.6. The Kier molecular flexibility index (Phi) is 5.28. The Hall–Kier alpha value is -2.79. The second-order valence-electron chi connectivity index (χ2n) is 6.00. The van der Waals surface area contributed by atoms with Crippen molar-refractivity contribution in [3.05, 3.63) is 76.0 Å². The van der Waals surface area contributed by atoms with E-state index in [0.29, 0.717) is 28.8 Å². The number of benzene rings is 1. The van der Waals surface area contributed by atoms with Gasteiger partial charge in [0, 0.05) is 12.1 Å². The topological polar surface area (TPSA) is 57.3 Å². The molecule has 0 saturated carbocycles. The highest BCUT2D eigenvalue weighted by Gasteiger charge is 2.09. The largest absolute Gasteiger partial charge is 0.486 e. The predicted molar refractivity (Wildman–Crippen MR) is 101 cm³/mol. The van der Waals surface area contributed by atoms with Gasteiger partial charge < -0.3 is 9.15 Å². The van der Waals surface area contributed by atoms with Gasteiger partial charge in [0.2, 0.25) is 5.78 Å². The molecule has 6 heteroatoms. The van der Waals surface area contributed by atoms with Crippen molar-refractivity contribution in [3.8, 4) is 5.75 Å². The van der Waals surface area contributed by atoms with Crippen LogP contribution < -0.4 is 4.74 Å². The molecule has 26 heavy (non-hydrogen) atoms. The highest BCUT2D eigenvalue weighted by Crippen LogP contribution is 2.22. The molecular weight excluding hydrogens is 352 g/mol. The first-order chi connectivity index (χ1) is 12.4. The lowest BCUT2D eigenvalue weighted by Crippen LogP contribution is -2.03. The first-order valence-electron chi connectivity index (χ1n) is 8.13. The summed E-state index contributed by atoms with van der Waals surface area (Å²) >= 11 is 6.00. The summed E-state index contributed by atoms with van der Waals surface area (Å²) in [7, 11) is 1.74. The Morgan fingerprint density at radius 3 is 2.77 bits per heavy atom. The standard InChI is InChI=1S/C20H19ClN2O3/c1-13-10-16(6-8-18(13)21)25-12-17-5-4-15(26-17)7-9-20(24)19-11-14(2)22-23(19)3/h4-11H,12H2,1-3H3. The molecule has 0 fully saturated rings. The van der Waals surface area contributed by atoms with Crippen molar-refractivity contribution in [1.29, 1.82) is 0 Å². The van der Waals surface area contributed by atoms with E-state index in [-0.39, 0.29) is 5.78 Å². The first-order valence-corrected chi connectivity index (χ1v) is 8.51. The van der Waals surface area contributed by atoms with Crippen LogP contribution in [0.25, 0.3) is 6.08 Å². The molecule has 0 aliphatic carbocycles. The number of furan rings is 1. The van der Waals surface area contributed by atoms with Gasteiger partial charge in [0.1, 0.15) is 29.6 Å². The highest BCUT2D eigenvalue weighted by molar-refractivity contribution is 6.31. The molecule has 5 nitrogen and oxygen atoms in total. The molecule has 0 aliphatic rings. The molecule has 0 amide bonds. The van der Waals surface area contributed by atoms with E-state index in [4.69, 9.17) is 20.8 Å². The SMILES string of the molecule is Cc1cc(C(=O)C=Cc2ccc(COc3ccc(Cl)c(C)c3)o2)n(C)n1. The Morgan fingerprint density at radius 1 is 1.27 bits per heavy atom. The minimum atomic E-state index is -0.126. The maximum Gasteiger partial charge on any atom is 0.203 e. The molecule has 3 rings (SSSR count). The Balaban J connectivity index is 1.61. The fourth-order valence-electron chi connectivity index (χ4n) is 2.51. The predicted octanol–water partition coefficient (Wildman–Crippen LogP) is 4.76. The van der Waals surface area contributed by atoms with Gasteiger partial charge in [0.15, 0.2) is 0 Å². The Bertz CT molecular complexity index is 969. The van der Waals surface area contributed by atoms with Gasteiger partial charge in [-0.25, -0.2) is 0 Å². The maximum atomic E-state index is 12.2. The van der Waals surface area contributed by atoms with Gasteiger partial charge in [-0.3, -0.25) is 9.48 Å². The Morgan fingerprint density at radius 2 is 2.08 bits per heavy atom. The van der Waals surface area contributed by atoms with Gasteiger partial charge in [-0.2, -0.15) is 5.10 Å². The summed E-state index contributed by atoms with van der Waals surface area (Å²) in [6.07, 6.45) is 3.11. The lowest BCUT2D eigenvalue weighted by atomic mass is 10.2. The molecule has 1 aromatic carbocycles. The number of ketones is 1. The smallest absolute Gasteiger partial charge is 0.203 e. The first kappa shape index (κ1) is 18.0. The lowest BCUT2D eigenvalue weighted by molar-refractivity contribution is 0.103. The number of aromatic nitrogens is 2. The van der Waals surface area contributed by atoms with Crippen molar-refractivity contribution >= 4 is 23.5 Å². The van der Waals surface area contributed by atoms with Gasteiger partial charge in [-0.15, -0.1) is 0 Å². The van der Waals surface area contributed by atoms with Crippen molar-refractivity contribution in [2.75, 3.05) is 0 Å². The van der Waals surface area contributed by atoms with E-state index in [2.05, 4.69) is 5.10 Å². The van der Waals surface area contributed by atoms with Crippen LogP contribution in [0.3, 0.4) is 0 Å². The highest BCUT2D eigenvalue weighted by atomic mass is 35.5. The number of carbonyl (C=O) groups is 1. The normalized spacial score (nSPS) is 11.2. The van der Waals surface area contributed by atoms with Gasteiger partial charge in [0.05, 0.1) is 5.69 Å². The summed E-state index contributed by atoms with van der Waals surface area (Å²) in [6, 6.07) is 10.9. The number of ether oxygens (including phenoxy) is 1.